The topological polar surface area (TPSA) is 74.7 Å². The number of aromatic carboxylic acids is 1. The number of hydrogen-bond donors (Lipinski definition) is 1. The zero-order valence-electron chi connectivity index (χ0n) is 15.4. The lowest BCUT2D eigenvalue weighted by Gasteiger charge is -2.23. The molecule has 30 heavy (non-hydrogen) atoms. The molecule has 3 aromatic carbocycles. The van der Waals surface area contributed by atoms with E-state index in [0.717, 1.165) is 16.4 Å². The van der Waals surface area contributed by atoms with Gasteiger partial charge in [0.15, 0.2) is 0 Å². The first-order valence-electron chi connectivity index (χ1n) is 8.69. The molecule has 0 heterocycles. The number of benzene rings is 3. The Balaban J connectivity index is 2.01. The van der Waals surface area contributed by atoms with E-state index < -0.39 is 33.2 Å². The third kappa shape index (κ3) is 4.84. The van der Waals surface area contributed by atoms with Crippen LogP contribution in [0.4, 0.5) is 8.78 Å². The highest BCUT2D eigenvalue weighted by atomic mass is 35.5. The SMILES string of the molecule is O=C(O)c1ccc(CN(Cc2ccccc2F)S(=O)(=O)c2ccc(Cl)cc2)cc1F. The second kappa shape index (κ2) is 8.91. The van der Waals surface area contributed by atoms with Crippen LogP contribution in [0.25, 0.3) is 0 Å². The molecule has 1 N–H and O–H groups in total. The smallest absolute Gasteiger partial charge is 0.338 e. The van der Waals surface area contributed by atoms with Crippen LogP contribution in [-0.4, -0.2) is 23.8 Å². The maximum absolute atomic E-state index is 14.2. The van der Waals surface area contributed by atoms with Crippen molar-refractivity contribution in [3.05, 3.63) is 100 Å². The fraction of sp³-hybridized carbons (Fsp3) is 0.0952. The second-order valence-corrected chi connectivity index (χ2v) is 8.81. The highest BCUT2D eigenvalue weighted by Crippen LogP contribution is 2.24. The molecule has 0 fully saturated rings. The van der Waals surface area contributed by atoms with Gasteiger partial charge < -0.3 is 5.11 Å². The van der Waals surface area contributed by atoms with E-state index in [2.05, 4.69) is 0 Å². The minimum Gasteiger partial charge on any atom is -0.478 e. The van der Waals surface area contributed by atoms with Gasteiger partial charge >= 0.3 is 5.97 Å². The van der Waals surface area contributed by atoms with Crippen molar-refractivity contribution in [3.8, 4) is 0 Å². The van der Waals surface area contributed by atoms with Gasteiger partial charge in [-0.15, -0.1) is 0 Å². The summed E-state index contributed by atoms with van der Waals surface area (Å²) in [5.74, 6) is -3.01. The van der Waals surface area contributed by atoms with Crippen molar-refractivity contribution in [2.45, 2.75) is 18.0 Å². The number of halogens is 3. The molecule has 0 bridgehead atoms. The molecule has 0 aliphatic heterocycles. The minimum atomic E-state index is -4.10. The number of carboxylic acid groups (broad SMARTS) is 1. The van der Waals surface area contributed by atoms with Crippen LogP contribution in [0.15, 0.2) is 71.6 Å². The van der Waals surface area contributed by atoms with Crippen LogP contribution >= 0.6 is 11.6 Å². The first-order chi connectivity index (χ1) is 14.2. The van der Waals surface area contributed by atoms with Gasteiger partial charge in [0.05, 0.1) is 10.5 Å². The van der Waals surface area contributed by atoms with E-state index in [4.69, 9.17) is 16.7 Å². The number of sulfonamides is 1. The average Bonchev–Trinajstić information content (AvgIpc) is 2.69. The number of nitrogens with zero attached hydrogens (tertiary/aromatic N) is 1. The Bertz CT molecular complexity index is 1180. The van der Waals surface area contributed by atoms with Crippen molar-refractivity contribution >= 4 is 27.6 Å². The standard InChI is InChI=1S/C21H16ClF2NO4S/c22-16-6-8-17(9-7-16)30(28,29)25(13-15-3-1-2-4-19(15)23)12-14-5-10-18(21(26)27)20(24)11-14/h1-11H,12-13H2,(H,26,27). The molecular weight excluding hydrogens is 436 g/mol. The van der Waals surface area contributed by atoms with E-state index in [1.165, 1.54) is 48.5 Å². The van der Waals surface area contributed by atoms with Gasteiger partial charge in [0.1, 0.15) is 11.6 Å². The van der Waals surface area contributed by atoms with Crippen molar-refractivity contribution < 1.29 is 27.1 Å². The predicted molar refractivity (Wildman–Crippen MR) is 108 cm³/mol. The highest BCUT2D eigenvalue weighted by molar-refractivity contribution is 7.89. The van der Waals surface area contributed by atoms with E-state index in [1.54, 1.807) is 6.07 Å². The Hall–Kier alpha value is -2.81. The molecule has 0 spiro atoms. The summed E-state index contributed by atoms with van der Waals surface area (Å²) in [6.45, 7) is -0.601. The maximum Gasteiger partial charge on any atom is 0.338 e. The Kier molecular flexibility index (Phi) is 6.50. The molecule has 3 aromatic rings. The fourth-order valence-corrected chi connectivity index (χ4v) is 4.36. The van der Waals surface area contributed by atoms with Crippen LogP contribution in [0.5, 0.6) is 0 Å². The van der Waals surface area contributed by atoms with Crippen LogP contribution in [0.2, 0.25) is 5.02 Å². The molecule has 0 radical (unpaired) electrons. The Morgan fingerprint density at radius 1 is 0.933 bits per heavy atom. The molecule has 0 aliphatic carbocycles. The monoisotopic (exact) mass is 451 g/mol. The van der Waals surface area contributed by atoms with Gasteiger partial charge in [0.25, 0.3) is 0 Å². The number of carboxylic acids is 1. The van der Waals surface area contributed by atoms with Crippen LogP contribution in [-0.2, 0) is 23.1 Å². The molecule has 0 aliphatic rings. The lowest BCUT2D eigenvalue weighted by molar-refractivity contribution is 0.0692. The summed E-state index contributed by atoms with van der Waals surface area (Å²) < 4.78 is 55.6. The number of hydrogen-bond acceptors (Lipinski definition) is 3. The molecule has 0 amide bonds. The van der Waals surface area contributed by atoms with Crippen molar-refractivity contribution in [2.75, 3.05) is 0 Å². The molecule has 9 heteroatoms. The Morgan fingerprint density at radius 2 is 1.60 bits per heavy atom. The first-order valence-corrected chi connectivity index (χ1v) is 10.5. The summed E-state index contributed by atoms with van der Waals surface area (Å²) >= 11 is 5.83. The summed E-state index contributed by atoms with van der Waals surface area (Å²) in [7, 11) is -4.10. The van der Waals surface area contributed by atoms with E-state index in [0.29, 0.717) is 5.02 Å². The van der Waals surface area contributed by atoms with Crippen molar-refractivity contribution in [1.82, 2.24) is 4.31 Å². The molecule has 0 saturated carbocycles. The molecular formula is C21H16ClF2NO4S. The van der Waals surface area contributed by atoms with Gasteiger partial charge in [-0.25, -0.2) is 22.0 Å². The van der Waals surface area contributed by atoms with E-state index in [-0.39, 0.29) is 29.1 Å². The molecule has 156 valence electrons. The average molecular weight is 452 g/mol. The lowest BCUT2D eigenvalue weighted by Crippen LogP contribution is -2.30. The predicted octanol–water partition coefficient (Wildman–Crippen LogP) is 4.71. The van der Waals surface area contributed by atoms with Crippen LogP contribution in [0, 0.1) is 11.6 Å². The van der Waals surface area contributed by atoms with E-state index >= 15 is 0 Å². The third-order valence-corrected chi connectivity index (χ3v) is 6.44. The molecule has 0 aromatic heterocycles. The normalized spacial score (nSPS) is 11.6. The van der Waals surface area contributed by atoms with Crippen LogP contribution in [0.3, 0.4) is 0 Å². The molecule has 5 nitrogen and oxygen atoms in total. The Labute approximate surface area is 177 Å². The largest absolute Gasteiger partial charge is 0.478 e. The zero-order valence-corrected chi connectivity index (χ0v) is 17.0. The third-order valence-electron chi connectivity index (χ3n) is 4.38. The van der Waals surface area contributed by atoms with Crippen LogP contribution < -0.4 is 0 Å². The summed E-state index contributed by atoms with van der Waals surface area (Å²) in [6.07, 6.45) is 0. The van der Waals surface area contributed by atoms with Gasteiger partial charge in [-0.2, -0.15) is 4.31 Å². The zero-order chi connectivity index (χ0) is 21.9. The minimum absolute atomic E-state index is 0.0640. The van der Waals surface area contributed by atoms with Gasteiger partial charge in [-0.1, -0.05) is 35.9 Å². The summed E-state index contributed by atoms with van der Waals surface area (Å²) in [4.78, 5) is 10.9. The van der Waals surface area contributed by atoms with Crippen LogP contribution in [0.1, 0.15) is 21.5 Å². The number of rotatable bonds is 7. The lowest BCUT2D eigenvalue weighted by atomic mass is 10.1. The second-order valence-electron chi connectivity index (χ2n) is 6.44. The highest BCUT2D eigenvalue weighted by Gasteiger charge is 2.26. The fourth-order valence-electron chi connectivity index (χ4n) is 2.83. The van der Waals surface area contributed by atoms with E-state index in [9.17, 15) is 22.0 Å². The molecule has 3 rings (SSSR count). The van der Waals surface area contributed by atoms with Crippen molar-refractivity contribution in [1.29, 1.82) is 0 Å². The Morgan fingerprint density at radius 3 is 2.20 bits per heavy atom. The van der Waals surface area contributed by atoms with Gasteiger partial charge in [0.2, 0.25) is 10.0 Å². The van der Waals surface area contributed by atoms with E-state index in [1.807, 2.05) is 0 Å². The van der Waals surface area contributed by atoms with Gasteiger partial charge in [-0.05, 0) is 48.0 Å². The quantitative estimate of drug-likeness (QED) is 0.564. The van der Waals surface area contributed by atoms with Gasteiger partial charge in [-0.3, -0.25) is 0 Å². The van der Waals surface area contributed by atoms with Gasteiger partial charge in [0, 0.05) is 23.7 Å². The molecule has 0 saturated heterocycles. The number of carbonyl (C=O) groups is 1. The summed E-state index contributed by atoms with van der Waals surface area (Å²) in [5, 5.41) is 9.31. The summed E-state index contributed by atoms with van der Waals surface area (Å²) in [5.41, 5.74) is -0.177. The molecule has 0 atom stereocenters. The first kappa shape index (κ1) is 21.9. The van der Waals surface area contributed by atoms with Crippen molar-refractivity contribution in [3.63, 3.8) is 0 Å². The summed E-state index contributed by atoms with van der Waals surface area (Å²) in [6, 6.07) is 14.5. The maximum atomic E-state index is 14.2. The molecule has 0 unspecified atom stereocenters. The van der Waals surface area contributed by atoms with Crippen molar-refractivity contribution in [2.24, 2.45) is 0 Å².